The highest BCUT2D eigenvalue weighted by Gasteiger charge is 2.15. The average Bonchev–Trinajstić information content (AvgIpc) is 2.52. The van der Waals surface area contributed by atoms with Crippen LogP contribution in [0.25, 0.3) is 0 Å². The Labute approximate surface area is 133 Å². The number of nitriles is 1. The summed E-state index contributed by atoms with van der Waals surface area (Å²) in [6.45, 7) is 7.14. The number of hydrogen-bond acceptors (Lipinski definition) is 7. The molecule has 0 aliphatic carbocycles. The summed E-state index contributed by atoms with van der Waals surface area (Å²) < 4.78 is 10.2. The molecule has 1 atom stereocenters. The molecule has 0 aromatic heterocycles. The molecule has 126 valence electrons. The van der Waals surface area contributed by atoms with Gasteiger partial charge in [-0.05, 0) is 27.2 Å². The van der Waals surface area contributed by atoms with E-state index in [0.29, 0.717) is 19.5 Å². The van der Waals surface area contributed by atoms with Crippen LogP contribution < -0.4 is 0 Å². The quantitative estimate of drug-likeness (QED) is 0.362. The van der Waals surface area contributed by atoms with E-state index in [1.165, 1.54) is 7.11 Å². The van der Waals surface area contributed by atoms with Gasteiger partial charge in [-0.15, -0.1) is 0 Å². The Bertz CT molecular complexity index is 357. The van der Waals surface area contributed by atoms with Gasteiger partial charge in [-0.2, -0.15) is 5.26 Å². The lowest BCUT2D eigenvalue weighted by Crippen LogP contribution is -2.36. The Kier molecular flexibility index (Phi) is 12.3. The zero-order valence-corrected chi connectivity index (χ0v) is 14.0. The molecule has 0 N–H and O–H groups in total. The first kappa shape index (κ1) is 20.5. The van der Waals surface area contributed by atoms with E-state index in [2.05, 4.69) is 32.3 Å². The number of rotatable bonds is 13. The highest BCUT2D eigenvalue weighted by atomic mass is 16.6. The van der Waals surface area contributed by atoms with Crippen LogP contribution in [0.15, 0.2) is 4.99 Å². The summed E-state index contributed by atoms with van der Waals surface area (Å²) in [4.78, 5) is 19.2. The lowest BCUT2D eigenvalue weighted by atomic mass is 10.2. The molecule has 0 saturated heterocycles. The van der Waals surface area contributed by atoms with Gasteiger partial charge in [0.2, 0.25) is 0 Å². The Balaban J connectivity index is 4.28. The Morgan fingerprint density at radius 3 is 2.64 bits per heavy atom. The van der Waals surface area contributed by atoms with Gasteiger partial charge in [-0.3, -0.25) is 4.99 Å². The molecule has 7 heteroatoms. The van der Waals surface area contributed by atoms with Crippen molar-refractivity contribution >= 4 is 12.7 Å². The molecule has 7 nitrogen and oxygen atoms in total. The summed E-state index contributed by atoms with van der Waals surface area (Å²) in [5, 5.41) is 8.59. The van der Waals surface area contributed by atoms with Gasteiger partial charge in [-0.1, -0.05) is 0 Å². The molecule has 0 aromatic rings. The van der Waals surface area contributed by atoms with E-state index in [9.17, 15) is 4.79 Å². The van der Waals surface area contributed by atoms with Crippen LogP contribution in [0.5, 0.6) is 0 Å². The van der Waals surface area contributed by atoms with Crippen molar-refractivity contribution in [3.63, 3.8) is 0 Å². The number of esters is 1. The summed E-state index contributed by atoms with van der Waals surface area (Å²) in [5.74, 6) is -0.377. The average molecular weight is 312 g/mol. The molecular weight excluding hydrogens is 284 g/mol. The topological polar surface area (TPSA) is 78.2 Å². The maximum atomic E-state index is 11.2. The third kappa shape index (κ3) is 11.2. The normalized spacial score (nSPS) is 12.2. The SMILES string of the molecule is C=NCCN(C)CC(CCN(C)CCC#N)OCC(=O)OC. The zero-order valence-electron chi connectivity index (χ0n) is 14.0. The summed E-state index contributed by atoms with van der Waals surface area (Å²) in [6, 6.07) is 2.13. The molecule has 0 amide bonds. The predicted octanol–water partition coefficient (Wildman–Crippen LogP) is 0.413. The highest BCUT2D eigenvalue weighted by Crippen LogP contribution is 2.04. The Morgan fingerprint density at radius 1 is 1.32 bits per heavy atom. The molecule has 0 saturated carbocycles. The third-order valence-corrected chi connectivity index (χ3v) is 3.26. The minimum atomic E-state index is -0.377. The molecule has 0 bridgehead atoms. The number of methoxy groups -OCH3 is 1. The largest absolute Gasteiger partial charge is 0.467 e. The molecule has 0 heterocycles. The minimum absolute atomic E-state index is 0.0450. The van der Waals surface area contributed by atoms with E-state index in [4.69, 9.17) is 10.00 Å². The third-order valence-electron chi connectivity index (χ3n) is 3.26. The molecule has 0 aliphatic rings. The first-order valence-electron chi connectivity index (χ1n) is 7.38. The van der Waals surface area contributed by atoms with Crippen molar-refractivity contribution < 1.29 is 14.3 Å². The number of carbonyl (C=O) groups is 1. The molecule has 0 spiro atoms. The first-order chi connectivity index (χ1) is 10.5. The second kappa shape index (κ2) is 13.2. The number of likely N-dealkylation sites (N-methyl/N-ethyl adjacent to an activating group) is 1. The van der Waals surface area contributed by atoms with Gasteiger partial charge in [0.25, 0.3) is 0 Å². The minimum Gasteiger partial charge on any atom is -0.467 e. The van der Waals surface area contributed by atoms with E-state index in [1.807, 2.05) is 14.1 Å². The van der Waals surface area contributed by atoms with Crippen molar-refractivity contribution in [3.05, 3.63) is 0 Å². The predicted molar refractivity (Wildman–Crippen MR) is 86.0 cm³/mol. The smallest absolute Gasteiger partial charge is 0.331 e. The monoisotopic (exact) mass is 312 g/mol. The van der Waals surface area contributed by atoms with Gasteiger partial charge in [0.1, 0.15) is 6.61 Å². The van der Waals surface area contributed by atoms with Gasteiger partial charge < -0.3 is 19.3 Å². The number of nitrogens with zero attached hydrogens (tertiary/aromatic N) is 4. The summed E-state index contributed by atoms with van der Waals surface area (Å²) in [5.41, 5.74) is 0. The molecule has 1 unspecified atom stereocenters. The first-order valence-corrected chi connectivity index (χ1v) is 7.38. The standard InChI is InChI=1S/C15H28N4O3/c1-17-8-11-19(3)12-14(22-13-15(20)21-4)6-10-18(2)9-5-7-16/h14H,1,5-6,8-13H2,2-4H3. The highest BCUT2D eigenvalue weighted by molar-refractivity contribution is 5.70. The fraction of sp³-hybridized carbons (Fsp3) is 0.800. The van der Waals surface area contributed by atoms with Crippen LogP contribution >= 0.6 is 0 Å². The van der Waals surface area contributed by atoms with E-state index in [0.717, 1.165) is 26.1 Å². The van der Waals surface area contributed by atoms with Gasteiger partial charge in [0.15, 0.2) is 0 Å². The van der Waals surface area contributed by atoms with Gasteiger partial charge in [-0.25, -0.2) is 4.79 Å². The fourth-order valence-electron chi connectivity index (χ4n) is 1.87. The van der Waals surface area contributed by atoms with Crippen molar-refractivity contribution in [2.75, 3.05) is 60.5 Å². The lowest BCUT2D eigenvalue weighted by Gasteiger charge is -2.25. The molecule has 0 fully saturated rings. The second-order valence-electron chi connectivity index (χ2n) is 5.22. The molecule has 22 heavy (non-hydrogen) atoms. The van der Waals surface area contributed by atoms with Crippen molar-refractivity contribution in [1.82, 2.24) is 9.80 Å². The van der Waals surface area contributed by atoms with E-state index < -0.39 is 0 Å². The van der Waals surface area contributed by atoms with Crippen molar-refractivity contribution in [2.24, 2.45) is 4.99 Å². The zero-order chi connectivity index (χ0) is 16.8. The van der Waals surface area contributed by atoms with Gasteiger partial charge in [0, 0.05) is 32.6 Å². The van der Waals surface area contributed by atoms with Crippen LogP contribution in [-0.2, 0) is 14.3 Å². The fourth-order valence-corrected chi connectivity index (χ4v) is 1.87. The van der Waals surface area contributed by atoms with E-state index in [1.54, 1.807) is 0 Å². The van der Waals surface area contributed by atoms with Crippen LogP contribution in [0.1, 0.15) is 12.8 Å². The molecule has 0 radical (unpaired) electrons. The Morgan fingerprint density at radius 2 is 2.05 bits per heavy atom. The van der Waals surface area contributed by atoms with Gasteiger partial charge >= 0.3 is 5.97 Å². The summed E-state index contributed by atoms with van der Waals surface area (Å²) >= 11 is 0. The summed E-state index contributed by atoms with van der Waals surface area (Å²) in [7, 11) is 5.30. The molecular formula is C15H28N4O3. The molecule has 0 aliphatic heterocycles. The van der Waals surface area contributed by atoms with Crippen LogP contribution in [0.4, 0.5) is 0 Å². The molecule has 0 aromatic carbocycles. The van der Waals surface area contributed by atoms with E-state index in [-0.39, 0.29) is 18.7 Å². The van der Waals surface area contributed by atoms with Crippen LogP contribution in [0.3, 0.4) is 0 Å². The van der Waals surface area contributed by atoms with Crippen LogP contribution in [-0.4, -0.2) is 89.1 Å². The van der Waals surface area contributed by atoms with Crippen molar-refractivity contribution in [3.8, 4) is 6.07 Å². The van der Waals surface area contributed by atoms with Crippen LogP contribution in [0.2, 0.25) is 0 Å². The maximum absolute atomic E-state index is 11.2. The number of aliphatic imine (C=N–C) groups is 1. The lowest BCUT2D eigenvalue weighted by molar-refractivity contribution is -0.148. The van der Waals surface area contributed by atoms with Crippen molar-refractivity contribution in [2.45, 2.75) is 18.9 Å². The number of ether oxygens (including phenoxy) is 2. The summed E-state index contributed by atoms with van der Waals surface area (Å²) in [6.07, 6.45) is 1.22. The number of carbonyl (C=O) groups excluding carboxylic acids is 1. The van der Waals surface area contributed by atoms with Crippen LogP contribution in [0, 0.1) is 11.3 Å². The number of hydrogen-bond donors (Lipinski definition) is 0. The van der Waals surface area contributed by atoms with Crippen molar-refractivity contribution in [1.29, 1.82) is 5.26 Å². The second-order valence-corrected chi connectivity index (χ2v) is 5.22. The molecule has 0 rings (SSSR count). The Hall–Kier alpha value is -1.49. The van der Waals surface area contributed by atoms with E-state index >= 15 is 0 Å². The van der Waals surface area contributed by atoms with Gasteiger partial charge in [0.05, 0.1) is 25.8 Å². The maximum Gasteiger partial charge on any atom is 0.331 e.